The molecule has 8 heteroatoms. The minimum Gasteiger partial charge on any atom is -0.383 e. The molecular weight excluding hydrogens is 270 g/mol. The normalized spacial score (nSPS) is 19.7. The first-order valence-electron chi connectivity index (χ1n) is 5.77. The summed E-state index contributed by atoms with van der Waals surface area (Å²) in [5.74, 6) is -0.761. The second kappa shape index (κ2) is 5.16. The summed E-state index contributed by atoms with van der Waals surface area (Å²) in [4.78, 5) is 11.6. The second-order valence-corrected chi connectivity index (χ2v) is 6.05. The van der Waals surface area contributed by atoms with Gasteiger partial charge in [-0.05, 0) is 19.1 Å². The van der Waals surface area contributed by atoms with E-state index in [1.807, 2.05) is 0 Å². The Balaban J connectivity index is 2.47. The first kappa shape index (κ1) is 13.8. The number of fused-ring (bicyclic) bond motifs is 1. The van der Waals surface area contributed by atoms with Crippen LogP contribution in [0.4, 0.5) is 5.69 Å². The average molecular weight is 285 g/mol. The summed E-state index contributed by atoms with van der Waals surface area (Å²) in [5.41, 5.74) is 1.99. The van der Waals surface area contributed by atoms with Crippen molar-refractivity contribution < 1.29 is 18.4 Å². The van der Waals surface area contributed by atoms with E-state index in [1.165, 1.54) is 18.5 Å². The fourth-order valence-electron chi connectivity index (χ4n) is 2.01. The van der Waals surface area contributed by atoms with Gasteiger partial charge in [-0.3, -0.25) is 10.0 Å². The SMILES string of the molecule is CC(C(=O)NO)N1CCNc2ccccc2S1(=O)=O. The summed E-state index contributed by atoms with van der Waals surface area (Å²) in [6.45, 7) is 1.96. The van der Waals surface area contributed by atoms with Crippen molar-refractivity contribution in [3.8, 4) is 0 Å². The summed E-state index contributed by atoms with van der Waals surface area (Å²) in [7, 11) is -3.77. The molecule has 0 saturated heterocycles. The Morgan fingerprint density at radius 2 is 2.16 bits per heavy atom. The third-order valence-corrected chi connectivity index (χ3v) is 5.07. The van der Waals surface area contributed by atoms with Crippen molar-refractivity contribution in [3.63, 3.8) is 0 Å². The number of hydroxylamine groups is 1. The molecule has 0 radical (unpaired) electrons. The molecule has 1 aliphatic heterocycles. The summed E-state index contributed by atoms with van der Waals surface area (Å²) in [6, 6.07) is 5.54. The molecule has 1 unspecified atom stereocenters. The molecule has 19 heavy (non-hydrogen) atoms. The molecule has 3 N–H and O–H groups in total. The number of amides is 1. The molecule has 104 valence electrons. The number of para-hydroxylation sites is 1. The number of rotatable bonds is 2. The minimum atomic E-state index is -3.77. The fraction of sp³-hybridized carbons (Fsp3) is 0.364. The van der Waals surface area contributed by atoms with E-state index in [2.05, 4.69) is 5.32 Å². The van der Waals surface area contributed by atoms with Crippen LogP contribution in [0.15, 0.2) is 29.2 Å². The van der Waals surface area contributed by atoms with E-state index in [1.54, 1.807) is 18.2 Å². The Kier molecular flexibility index (Phi) is 3.74. The summed E-state index contributed by atoms with van der Waals surface area (Å²) in [6.07, 6.45) is 0. The predicted molar refractivity (Wildman–Crippen MR) is 68.2 cm³/mol. The number of carbonyl (C=O) groups is 1. The van der Waals surface area contributed by atoms with Crippen molar-refractivity contribution in [3.05, 3.63) is 24.3 Å². The first-order valence-corrected chi connectivity index (χ1v) is 7.21. The van der Waals surface area contributed by atoms with E-state index in [0.717, 1.165) is 4.31 Å². The largest absolute Gasteiger partial charge is 0.383 e. The molecule has 1 aliphatic rings. The quantitative estimate of drug-likeness (QED) is 0.524. The Bertz CT molecular complexity index is 587. The van der Waals surface area contributed by atoms with Crippen LogP contribution in [-0.4, -0.2) is 43.0 Å². The van der Waals surface area contributed by atoms with Gasteiger partial charge in [0.25, 0.3) is 5.91 Å². The zero-order chi connectivity index (χ0) is 14.0. The highest BCUT2D eigenvalue weighted by Crippen LogP contribution is 2.27. The number of hydrogen-bond acceptors (Lipinski definition) is 5. The topological polar surface area (TPSA) is 98.7 Å². The van der Waals surface area contributed by atoms with E-state index in [0.29, 0.717) is 12.2 Å². The van der Waals surface area contributed by atoms with E-state index in [9.17, 15) is 13.2 Å². The van der Waals surface area contributed by atoms with E-state index < -0.39 is 22.0 Å². The Labute approximate surface area is 111 Å². The van der Waals surface area contributed by atoms with Gasteiger partial charge in [0.15, 0.2) is 0 Å². The van der Waals surface area contributed by atoms with E-state index in [-0.39, 0.29) is 11.4 Å². The number of anilines is 1. The highest BCUT2D eigenvalue weighted by Gasteiger charge is 2.35. The van der Waals surface area contributed by atoms with Crippen LogP contribution in [0, 0.1) is 0 Å². The second-order valence-electron chi connectivity index (χ2n) is 4.19. The Morgan fingerprint density at radius 1 is 1.47 bits per heavy atom. The van der Waals surface area contributed by atoms with Gasteiger partial charge in [0.05, 0.1) is 5.69 Å². The lowest BCUT2D eigenvalue weighted by molar-refractivity contribution is -0.132. The van der Waals surface area contributed by atoms with Crippen LogP contribution in [0.2, 0.25) is 0 Å². The zero-order valence-electron chi connectivity index (χ0n) is 10.3. The molecule has 1 aromatic carbocycles. The predicted octanol–water partition coefficient (Wildman–Crippen LogP) is -0.00330. The molecule has 0 bridgehead atoms. The summed E-state index contributed by atoms with van der Waals surface area (Å²) >= 11 is 0. The molecule has 1 aromatic rings. The number of benzene rings is 1. The third kappa shape index (κ3) is 2.42. The number of hydrogen-bond donors (Lipinski definition) is 3. The summed E-state index contributed by atoms with van der Waals surface area (Å²) in [5, 5.41) is 11.6. The van der Waals surface area contributed by atoms with Gasteiger partial charge >= 0.3 is 0 Å². The van der Waals surface area contributed by atoms with E-state index >= 15 is 0 Å². The van der Waals surface area contributed by atoms with Gasteiger partial charge in [0.1, 0.15) is 10.9 Å². The van der Waals surface area contributed by atoms with Gasteiger partial charge in [-0.2, -0.15) is 4.31 Å². The van der Waals surface area contributed by atoms with Gasteiger partial charge in [-0.25, -0.2) is 13.9 Å². The maximum absolute atomic E-state index is 12.5. The first-order chi connectivity index (χ1) is 8.98. The molecule has 0 spiro atoms. The fourth-order valence-corrected chi connectivity index (χ4v) is 3.78. The van der Waals surface area contributed by atoms with Crippen molar-refractivity contribution in [2.24, 2.45) is 0 Å². The van der Waals surface area contributed by atoms with Crippen molar-refractivity contribution in [1.29, 1.82) is 0 Å². The van der Waals surface area contributed by atoms with Crippen molar-refractivity contribution >= 4 is 21.6 Å². The highest BCUT2D eigenvalue weighted by molar-refractivity contribution is 7.89. The van der Waals surface area contributed by atoms with Gasteiger partial charge in [0.2, 0.25) is 10.0 Å². The van der Waals surface area contributed by atoms with Crippen molar-refractivity contribution in [2.45, 2.75) is 17.9 Å². The highest BCUT2D eigenvalue weighted by atomic mass is 32.2. The molecule has 0 fully saturated rings. The number of nitrogens with zero attached hydrogens (tertiary/aromatic N) is 1. The lowest BCUT2D eigenvalue weighted by Gasteiger charge is -2.24. The monoisotopic (exact) mass is 285 g/mol. The van der Waals surface area contributed by atoms with Crippen molar-refractivity contribution in [2.75, 3.05) is 18.4 Å². The number of sulfonamides is 1. The minimum absolute atomic E-state index is 0.130. The van der Waals surface area contributed by atoms with Crippen LogP contribution < -0.4 is 10.8 Å². The van der Waals surface area contributed by atoms with Crippen LogP contribution in [0.25, 0.3) is 0 Å². The maximum Gasteiger partial charge on any atom is 0.261 e. The molecule has 1 atom stereocenters. The smallest absolute Gasteiger partial charge is 0.261 e. The Hall–Kier alpha value is -1.64. The van der Waals surface area contributed by atoms with Crippen LogP contribution >= 0.6 is 0 Å². The molecule has 0 aromatic heterocycles. The van der Waals surface area contributed by atoms with Gasteiger partial charge in [-0.15, -0.1) is 0 Å². The molecule has 1 amide bonds. The van der Waals surface area contributed by atoms with Gasteiger partial charge in [0, 0.05) is 13.1 Å². The lowest BCUT2D eigenvalue weighted by Crippen LogP contribution is -2.47. The maximum atomic E-state index is 12.5. The van der Waals surface area contributed by atoms with Gasteiger partial charge < -0.3 is 5.32 Å². The Morgan fingerprint density at radius 3 is 2.84 bits per heavy atom. The van der Waals surface area contributed by atoms with Gasteiger partial charge in [-0.1, -0.05) is 12.1 Å². The lowest BCUT2D eigenvalue weighted by atomic mass is 10.3. The molecule has 2 rings (SSSR count). The third-order valence-electron chi connectivity index (χ3n) is 3.04. The number of carbonyl (C=O) groups excluding carboxylic acids is 1. The van der Waals surface area contributed by atoms with Crippen molar-refractivity contribution in [1.82, 2.24) is 9.79 Å². The number of nitrogens with one attached hydrogen (secondary N) is 2. The van der Waals surface area contributed by atoms with Crippen LogP contribution in [0.3, 0.4) is 0 Å². The molecule has 0 saturated carbocycles. The van der Waals surface area contributed by atoms with Crippen LogP contribution in [0.5, 0.6) is 0 Å². The van der Waals surface area contributed by atoms with Crippen LogP contribution in [0.1, 0.15) is 6.92 Å². The summed E-state index contributed by atoms with van der Waals surface area (Å²) < 4.78 is 26.1. The van der Waals surface area contributed by atoms with Crippen LogP contribution in [-0.2, 0) is 14.8 Å². The standard InChI is InChI=1S/C11H15N3O4S/c1-8(11(15)13-16)14-7-6-12-9-4-2-3-5-10(9)19(14,17)18/h2-5,8,12,16H,6-7H2,1H3,(H,13,15). The molecule has 0 aliphatic carbocycles. The molecule has 1 heterocycles. The molecule has 7 nitrogen and oxygen atoms in total. The molecular formula is C11H15N3O4S. The average Bonchev–Trinajstić information content (AvgIpc) is 2.54. The van der Waals surface area contributed by atoms with E-state index in [4.69, 9.17) is 5.21 Å². The zero-order valence-corrected chi connectivity index (χ0v) is 11.1.